The zero-order valence-corrected chi connectivity index (χ0v) is 10.8. The van der Waals surface area contributed by atoms with E-state index in [1.165, 1.54) is 13.1 Å². The molecule has 0 fully saturated rings. The van der Waals surface area contributed by atoms with E-state index in [1.54, 1.807) is 6.07 Å². The number of sulfonamides is 1. The maximum absolute atomic E-state index is 11.4. The number of rotatable bonds is 7. The van der Waals surface area contributed by atoms with Gasteiger partial charge in [-0.1, -0.05) is 6.92 Å². The minimum Gasteiger partial charge on any atom is -0.447 e. The van der Waals surface area contributed by atoms with E-state index in [4.69, 9.17) is 9.52 Å². The maximum atomic E-state index is 11.4. The van der Waals surface area contributed by atoms with Crippen LogP contribution in [-0.2, 0) is 16.6 Å². The standard InChI is InChI=1S/C10H18N2O4S/c1-3-8(7-13)12-6-9-4-5-10(16-9)17(14,15)11-2/h4-5,8,11-13H,3,6-7H2,1-2H3. The molecular formula is C10H18N2O4S. The Bertz CT molecular complexity index is 437. The lowest BCUT2D eigenvalue weighted by molar-refractivity contribution is 0.234. The van der Waals surface area contributed by atoms with Crippen LogP contribution in [-0.4, -0.2) is 33.2 Å². The van der Waals surface area contributed by atoms with Gasteiger partial charge in [0.2, 0.25) is 5.09 Å². The van der Waals surface area contributed by atoms with Crippen molar-refractivity contribution in [1.82, 2.24) is 10.0 Å². The second-order valence-electron chi connectivity index (χ2n) is 3.60. The van der Waals surface area contributed by atoms with Gasteiger partial charge in [-0.25, -0.2) is 13.1 Å². The number of hydrogen-bond donors (Lipinski definition) is 3. The molecule has 7 heteroatoms. The van der Waals surface area contributed by atoms with Crippen LogP contribution in [0.5, 0.6) is 0 Å². The van der Waals surface area contributed by atoms with Crippen LogP contribution < -0.4 is 10.0 Å². The number of furan rings is 1. The van der Waals surface area contributed by atoms with Crippen LogP contribution in [0, 0.1) is 0 Å². The Morgan fingerprint density at radius 3 is 2.71 bits per heavy atom. The zero-order valence-electron chi connectivity index (χ0n) is 9.93. The van der Waals surface area contributed by atoms with Crippen molar-refractivity contribution < 1.29 is 17.9 Å². The van der Waals surface area contributed by atoms with Crippen molar-refractivity contribution in [2.75, 3.05) is 13.7 Å². The molecule has 1 rings (SSSR count). The molecule has 0 radical (unpaired) electrons. The van der Waals surface area contributed by atoms with Crippen molar-refractivity contribution in [2.24, 2.45) is 0 Å². The molecule has 0 aromatic carbocycles. The van der Waals surface area contributed by atoms with E-state index in [9.17, 15) is 8.42 Å². The third kappa shape index (κ3) is 3.81. The van der Waals surface area contributed by atoms with Crippen molar-refractivity contribution in [1.29, 1.82) is 0 Å². The summed E-state index contributed by atoms with van der Waals surface area (Å²) in [6, 6.07) is 2.99. The topological polar surface area (TPSA) is 91.6 Å². The van der Waals surface area contributed by atoms with E-state index in [0.717, 1.165) is 6.42 Å². The van der Waals surface area contributed by atoms with Gasteiger partial charge in [-0.05, 0) is 25.6 Å². The SMILES string of the molecule is CCC(CO)NCc1ccc(S(=O)(=O)NC)o1. The molecule has 0 aliphatic carbocycles. The lowest BCUT2D eigenvalue weighted by Crippen LogP contribution is -2.31. The Balaban J connectivity index is 2.64. The van der Waals surface area contributed by atoms with E-state index in [0.29, 0.717) is 12.3 Å². The summed E-state index contributed by atoms with van der Waals surface area (Å²) in [4.78, 5) is 0. The molecule has 0 bridgehead atoms. The lowest BCUT2D eigenvalue weighted by atomic mass is 10.2. The molecule has 0 aliphatic heterocycles. The molecule has 98 valence electrons. The van der Waals surface area contributed by atoms with Crippen molar-refractivity contribution in [3.63, 3.8) is 0 Å². The van der Waals surface area contributed by atoms with Gasteiger partial charge in [0.25, 0.3) is 10.0 Å². The highest BCUT2D eigenvalue weighted by Crippen LogP contribution is 2.13. The molecule has 1 unspecified atom stereocenters. The smallest absolute Gasteiger partial charge is 0.273 e. The molecule has 0 saturated carbocycles. The maximum Gasteiger partial charge on any atom is 0.273 e. The molecule has 1 aromatic rings. The van der Waals surface area contributed by atoms with E-state index in [2.05, 4.69) is 10.0 Å². The second kappa shape index (κ2) is 6.15. The fourth-order valence-corrected chi connectivity index (χ4v) is 1.95. The fourth-order valence-electron chi connectivity index (χ4n) is 1.28. The summed E-state index contributed by atoms with van der Waals surface area (Å²) in [6.45, 7) is 2.38. The highest BCUT2D eigenvalue weighted by molar-refractivity contribution is 7.89. The summed E-state index contributed by atoms with van der Waals surface area (Å²) >= 11 is 0. The Hall–Kier alpha value is -0.890. The third-order valence-corrected chi connectivity index (χ3v) is 3.74. The van der Waals surface area contributed by atoms with Gasteiger partial charge in [-0.2, -0.15) is 0 Å². The first kappa shape index (κ1) is 14.2. The predicted molar refractivity (Wildman–Crippen MR) is 63.0 cm³/mol. The van der Waals surface area contributed by atoms with Gasteiger partial charge in [0.05, 0.1) is 13.2 Å². The van der Waals surface area contributed by atoms with Gasteiger partial charge >= 0.3 is 0 Å². The van der Waals surface area contributed by atoms with E-state index in [-0.39, 0.29) is 17.7 Å². The highest BCUT2D eigenvalue weighted by Gasteiger charge is 2.16. The first-order valence-electron chi connectivity index (χ1n) is 5.40. The van der Waals surface area contributed by atoms with Crippen LogP contribution in [0.25, 0.3) is 0 Å². The molecular weight excluding hydrogens is 244 g/mol. The monoisotopic (exact) mass is 262 g/mol. The zero-order chi connectivity index (χ0) is 12.9. The number of aliphatic hydroxyl groups is 1. The minimum absolute atomic E-state index is 0.00976. The molecule has 1 atom stereocenters. The lowest BCUT2D eigenvalue weighted by Gasteiger charge is -2.12. The Morgan fingerprint density at radius 1 is 1.47 bits per heavy atom. The first-order valence-corrected chi connectivity index (χ1v) is 6.88. The summed E-state index contributed by atoms with van der Waals surface area (Å²) < 4.78 is 30.2. The fraction of sp³-hybridized carbons (Fsp3) is 0.600. The van der Waals surface area contributed by atoms with Gasteiger partial charge < -0.3 is 14.8 Å². The second-order valence-corrected chi connectivity index (χ2v) is 5.41. The van der Waals surface area contributed by atoms with Gasteiger partial charge in [-0.3, -0.25) is 0 Å². The van der Waals surface area contributed by atoms with Crippen LogP contribution in [0.15, 0.2) is 21.6 Å². The largest absolute Gasteiger partial charge is 0.447 e. The van der Waals surface area contributed by atoms with Crippen LogP contribution in [0.3, 0.4) is 0 Å². The molecule has 1 heterocycles. The highest BCUT2D eigenvalue weighted by atomic mass is 32.2. The molecule has 3 N–H and O–H groups in total. The first-order chi connectivity index (χ1) is 8.03. The Morgan fingerprint density at radius 2 is 2.18 bits per heavy atom. The molecule has 1 aromatic heterocycles. The average Bonchev–Trinajstić information content (AvgIpc) is 2.80. The Labute approximate surface area is 101 Å². The quantitative estimate of drug-likeness (QED) is 0.645. The van der Waals surface area contributed by atoms with Crippen LogP contribution >= 0.6 is 0 Å². The molecule has 0 amide bonds. The summed E-state index contributed by atoms with van der Waals surface area (Å²) in [5.74, 6) is 0.519. The number of nitrogens with one attached hydrogen (secondary N) is 2. The van der Waals surface area contributed by atoms with Gasteiger partial charge in [-0.15, -0.1) is 0 Å². The van der Waals surface area contributed by atoms with Crippen molar-refractivity contribution >= 4 is 10.0 Å². The van der Waals surface area contributed by atoms with Crippen LogP contribution in [0.1, 0.15) is 19.1 Å². The van der Waals surface area contributed by atoms with E-state index >= 15 is 0 Å². The van der Waals surface area contributed by atoms with Gasteiger partial charge in [0, 0.05) is 6.04 Å². The molecule has 0 aliphatic rings. The van der Waals surface area contributed by atoms with Crippen molar-refractivity contribution in [3.8, 4) is 0 Å². The average molecular weight is 262 g/mol. The minimum atomic E-state index is -3.52. The predicted octanol–water partition coefficient (Wildman–Crippen LogP) is 0.0482. The van der Waals surface area contributed by atoms with Crippen LogP contribution in [0.4, 0.5) is 0 Å². The number of hydrogen-bond acceptors (Lipinski definition) is 5. The molecule has 17 heavy (non-hydrogen) atoms. The normalized spacial score (nSPS) is 13.8. The molecule has 0 saturated heterocycles. The Kier molecular flexibility index (Phi) is 5.13. The number of aliphatic hydroxyl groups excluding tert-OH is 1. The summed E-state index contributed by atoms with van der Waals surface area (Å²) in [7, 11) is -2.19. The molecule has 6 nitrogen and oxygen atoms in total. The summed E-state index contributed by atoms with van der Waals surface area (Å²) in [5.41, 5.74) is 0. The van der Waals surface area contributed by atoms with Crippen molar-refractivity contribution in [2.45, 2.75) is 31.0 Å². The molecule has 0 spiro atoms. The van der Waals surface area contributed by atoms with E-state index < -0.39 is 10.0 Å². The van der Waals surface area contributed by atoms with Crippen LogP contribution in [0.2, 0.25) is 0 Å². The van der Waals surface area contributed by atoms with Gasteiger partial charge in [0.1, 0.15) is 5.76 Å². The third-order valence-electron chi connectivity index (χ3n) is 2.45. The summed E-state index contributed by atoms with van der Waals surface area (Å²) in [5, 5.41) is 11.9. The van der Waals surface area contributed by atoms with Gasteiger partial charge in [0.15, 0.2) is 0 Å². The van der Waals surface area contributed by atoms with Crippen molar-refractivity contribution in [3.05, 3.63) is 17.9 Å². The summed E-state index contributed by atoms with van der Waals surface area (Å²) in [6.07, 6.45) is 0.791. The van der Waals surface area contributed by atoms with E-state index in [1.807, 2.05) is 6.92 Å².